The normalized spacial score (nSPS) is 10.4. The summed E-state index contributed by atoms with van der Waals surface area (Å²) in [4.78, 5) is 12.3. The minimum atomic E-state index is -0.288. The van der Waals surface area contributed by atoms with Gasteiger partial charge in [0.15, 0.2) is 5.78 Å². The number of halogens is 4. The Labute approximate surface area is 124 Å². The average molecular weight is 320 g/mol. The second kappa shape index (κ2) is 5.50. The van der Waals surface area contributed by atoms with Crippen LogP contribution in [0.3, 0.4) is 0 Å². The third-order valence-electron chi connectivity index (χ3n) is 2.32. The highest BCUT2D eigenvalue weighted by molar-refractivity contribution is 6.43. The van der Waals surface area contributed by atoms with Crippen LogP contribution in [0.5, 0.6) is 0 Å². The predicted octanol–water partition coefficient (Wildman–Crippen LogP) is 5.53. The SMILES string of the molecule is O=C(c1cccc(Cl)c1)c1c(Cl)cc(Cl)cc1Cl. The van der Waals surface area contributed by atoms with Gasteiger partial charge in [-0.1, -0.05) is 58.5 Å². The van der Waals surface area contributed by atoms with Crippen molar-refractivity contribution in [1.82, 2.24) is 0 Å². The van der Waals surface area contributed by atoms with E-state index in [0.717, 1.165) is 0 Å². The molecule has 92 valence electrons. The Hall–Kier alpha value is -0.730. The van der Waals surface area contributed by atoms with Crippen LogP contribution in [0.15, 0.2) is 36.4 Å². The molecule has 0 N–H and O–H groups in total. The summed E-state index contributed by atoms with van der Waals surface area (Å²) in [5, 5.41) is 1.30. The Morgan fingerprint density at radius 3 is 2.00 bits per heavy atom. The molecule has 0 radical (unpaired) electrons. The van der Waals surface area contributed by atoms with Crippen LogP contribution < -0.4 is 0 Å². The maximum absolute atomic E-state index is 12.3. The number of hydrogen-bond acceptors (Lipinski definition) is 1. The zero-order chi connectivity index (χ0) is 13.3. The molecule has 0 aliphatic rings. The second-order valence-corrected chi connectivity index (χ2v) is 5.27. The smallest absolute Gasteiger partial charge is 0.196 e. The van der Waals surface area contributed by atoms with Crippen molar-refractivity contribution in [2.75, 3.05) is 0 Å². The van der Waals surface area contributed by atoms with E-state index in [-0.39, 0.29) is 21.4 Å². The standard InChI is InChI=1S/C13H6Cl4O/c14-8-3-1-2-7(4-8)13(18)12-10(16)5-9(15)6-11(12)17/h1-6H. The van der Waals surface area contributed by atoms with E-state index in [2.05, 4.69) is 0 Å². The molecule has 0 spiro atoms. The maximum Gasteiger partial charge on any atom is 0.196 e. The van der Waals surface area contributed by atoms with E-state index in [1.54, 1.807) is 24.3 Å². The molecule has 5 heteroatoms. The first-order valence-electron chi connectivity index (χ1n) is 4.94. The highest BCUT2D eigenvalue weighted by Gasteiger charge is 2.17. The van der Waals surface area contributed by atoms with E-state index < -0.39 is 0 Å². The maximum atomic E-state index is 12.3. The van der Waals surface area contributed by atoms with Crippen LogP contribution in [0.1, 0.15) is 15.9 Å². The van der Waals surface area contributed by atoms with Crippen molar-refractivity contribution in [3.63, 3.8) is 0 Å². The molecule has 0 aromatic heterocycles. The summed E-state index contributed by atoms with van der Waals surface area (Å²) in [7, 11) is 0. The van der Waals surface area contributed by atoms with Gasteiger partial charge in [-0.2, -0.15) is 0 Å². The molecule has 18 heavy (non-hydrogen) atoms. The molecular formula is C13H6Cl4O. The van der Waals surface area contributed by atoms with Gasteiger partial charge in [0.1, 0.15) is 0 Å². The zero-order valence-corrected chi connectivity index (χ0v) is 11.9. The summed E-state index contributed by atoms with van der Waals surface area (Å²) >= 11 is 23.6. The average Bonchev–Trinajstić information content (AvgIpc) is 2.27. The van der Waals surface area contributed by atoms with Crippen molar-refractivity contribution in [2.24, 2.45) is 0 Å². The summed E-state index contributed by atoms with van der Waals surface area (Å²) in [5.41, 5.74) is 0.652. The third-order valence-corrected chi connectivity index (χ3v) is 3.37. The number of rotatable bonds is 2. The summed E-state index contributed by atoms with van der Waals surface area (Å²) in [6.45, 7) is 0. The molecule has 0 bridgehead atoms. The molecule has 1 nitrogen and oxygen atoms in total. The molecule has 2 aromatic rings. The Balaban J connectivity index is 2.53. The van der Waals surface area contributed by atoms with Gasteiger partial charge in [-0.15, -0.1) is 0 Å². The van der Waals surface area contributed by atoms with Crippen LogP contribution in [0, 0.1) is 0 Å². The molecular weight excluding hydrogens is 314 g/mol. The van der Waals surface area contributed by atoms with E-state index in [9.17, 15) is 4.79 Å². The van der Waals surface area contributed by atoms with Crippen molar-refractivity contribution in [2.45, 2.75) is 0 Å². The van der Waals surface area contributed by atoms with Gasteiger partial charge in [0.05, 0.1) is 15.6 Å². The van der Waals surface area contributed by atoms with E-state index in [4.69, 9.17) is 46.4 Å². The van der Waals surface area contributed by atoms with Gasteiger partial charge >= 0.3 is 0 Å². The molecule has 0 heterocycles. The van der Waals surface area contributed by atoms with Gasteiger partial charge in [0.25, 0.3) is 0 Å². The number of benzene rings is 2. The Morgan fingerprint density at radius 1 is 0.833 bits per heavy atom. The fraction of sp³-hybridized carbons (Fsp3) is 0. The van der Waals surface area contributed by atoms with Gasteiger partial charge in [-0.3, -0.25) is 4.79 Å². The van der Waals surface area contributed by atoms with Crippen molar-refractivity contribution in [1.29, 1.82) is 0 Å². The minimum Gasteiger partial charge on any atom is -0.288 e. The van der Waals surface area contributed by atoms with E-state index in [1.807, 2.05) is 0 Å². The van der Waals surface area contributed by atoms with Gasteiger partial charge < -0.3 is 0 Å². The first-order chi connectivity index (χ1) is 8.49. The Morgan fingerprint density at radius 2 is 1.44 bits per heavy atom. The Bertz CT molecular complexity index is 599. The monoisotopic (exact) mass is 318 g/mol. The van der Waals surface area contributed by atoms with Crippen molar-refractivity contribution < 1.29 is 4.79 Å². The summed E-state index contributed by atoms with van der Waals surface area (Å²) in [6, 6.07) is 9.54. The summed E-state index contributed by atoms with van der Waals surface area (Å²) in [5.74, 6) is -0.288. The first-order valence-corrected chi connectivity index (χ1v) is 6.45. The van der Waals surface area contributed by atoms with Crippen LogP contribution in [0.4, 0.5) is 0 Å². The van der Waals surface area contributed by atoms with Gasteiger partial charge in [-0.05, 0) is 24.3 Å². The lowest BCUT2D eigenvalue weighted by Gasteiger charge is -2.07. The highest BCUT2D eigenvalue weighted by atomic mass is 35.5. The van der Waals surface area contributed by atoms with Gasteiger partial charge in [0, 0.05) is 15.6 Å². The van der Waals surface area contributed by atoms with Crippen LogP contribution in [-0.4, -0.2) is 5.78 Å². The molecule has 0 unspecified atom stereocenters. The first kappa shape index (κ1) is 13.7. The lowest BCUT2D eigenvalue weighted by molar-refractivity contribution is 0.103. The number of carbonyl (C=O) groups is 1. The van der Waals surface area contributed by atoms with Crippen LogP contribution >= 0.6 is 46.4 Å². The molecule has 0 fully saturated rings. The number of hydrogen-bond donors (Lipinski definition) is 0. The van der Waals surface area contributed by atoms with Crippen LogP contribution in [-0.2, 0) is 0 Å². The van der Waals surface area contributed by atoms with E-state index in [1.165, 1.54) is 12.1 Å². The largest absolute Gasteiger partial charge is 0.288 e. The molecule has 2 aromatic carbocycles. The molecule has 0 aliphatic carbocycles. The van der Waals surface area contributed by atoms with Gasteiger partial charge in [-0.25, -0.2) is 0 Å². The van der Waals surface area contributed by atoms with E-state index >= 15 is 0 Å². The minimum absolute atomic E-state index is 0.220. The van der Waals surface area contributed by atoms with Crippen molar-refractivity contribution in [3.05, 3.63) is 67.6 Å². The van der Waals surface area contributed by atoms with Crippen molar-refractivity contribution >= 4 is 52.2 Å². The number of carbonyl (C=O) groups excluding carboxylic acids is 1. The highest BCUT2D eigenvalue weighted by Crippen LogP contribution is 2.31. The lowest BCUT2D eigenvalue weighted by Crippen LogP contribution is -2.03. The van der Waals surface area contributed by atoms with E-state index in [0.29, 0.717) is 15.6 Å². The molecule has 0 saturated heterocycles. The molecule has 2 rings (SSSR count). The van der Waals surface area contributed by atoms with Crippen molar-refractivity contribution in [3.8, 4) is 0 Å². The molecule has 0 saturated carbocycles. The number of ketones is 1. The molecule has 0 aliphatic heterocycles. The predicted molar refractivity (Wildman–Crippen MR) is 76.4 cm³/mol. The Kier molecular flexibility index (Phi) is 4.18. The zero-order valence-electron chi connectivity index (χ0n) is 8.88. The quantitative estimate of drug-likeness (QED) is 0.665. The molecule has 0 amide bonds. The van der Waals surface area contributed by atoms with Crippen LogP contribution in [0.25, 0.3) is 0 Å². The topological polar surface area (TPSA) is 17.1 Å². The summed E-state index contributed by atoms with van der Waals surface area (Å²) < 4.78 is 0. The van der Waals surface area contributed by atoms with Crippen LogP contribution in [0.2, 0.25) is 20.1 Å². The summed E-state index contributed by atoms with van der Waals surface area (Å²) in [6.07, 6.45) is 0. The molecule has 0 atom stereocenters. The van der Waals surface area contributed by atoms with Gasteiger partial charge in [0.2, 0.25) is 0 Å². The fourth-order valence-electron chi connectivity index (χ4n) is 1.53. The lowest BCUT2D eigenvalue weighted by atomic mass is 10.0. The third kappa shape index (κ3) is 2.81. The fourth-order valence-corrected chi connectivity index (χ4v) is 2.71. The second-order valence-electron chi connectivity index (χ2n) is 3.58.